The zero-order valence-electron chi connectivity index (χ0n) is 13.2. The second-order valence-corrected chi connectivity index (χ2v) is 6.99. The van der Waals surface area contributed by atoms with E-state index in [1.165, 1.54) is 6.42 Å². The maximum atomic E-state index is 6.31. The van der Waals surface area contributed by atoms with Gasteiger partial charge in [-0.1, -0.05) is 23.2 Å². The van der Waals surface area contributed by atoms with Crippen LogP contribution in [0.2, 0.25) is 10.0 Å². The van der Waals surface area contributed by atoms with Crippen molar-refractivity contribution < 1.29 is 4.74 Å². The predicted molar refractivity (Wildman–Crippen MR) is 89.6 cm³/mol. The standard InChI is InChI=1S/C16H24Cl2N2O/c1-11(2)21-16-14(17)7-12(8-15(16)18)9-20(4)13-5-6-19(3)10-13/h7-8,11,13H,5-6,9-10H2,1-4H3. The predicted octanol–water partition coefficient (Wildman–Crippen LogP) is 3.92. The smallest absolute Gasteiger partial charge is 0.156 e. The summed E-state index contributed by atoms with van der Waals surface area (Å²) in [5.74, 6) is 0.584. The highest BCUT2D eigenvalue weighted by atomic mass is 35.5. The zero-order chi connectivity index (χ0) is 15.6. The summed E-state index contributed by atoms with van der Waals surface area (Å²) in [7, 11) is 4.32. The Labute approximate surface area is 137 Å². The number of benzene rings is 1. The lowest BCUT2D eigenvalue weighted by molar-refractivity contribution is 0.233. The van der Waals surface area contributed by atoms with E-state index in [1.54, 1.807) is 0 Å². The van der Waals surface area contributed by atoms with Gasteiger partial charge in [0.1, 0.15) is 0 Å². The normalized spacial score (nSPS) is 19.7. The minimum absolute atomic E-state index is 0.0579. The number of nitrogens with zero attached hydrogens (tertiary/aromatic N) is 2. The summed E-state index contributed by atoms with van der Waals surface area (Å²) in [6, 6.07) is 4.51. The van der Waals surface area contributed by atoms with Crippen molar-refractivity contribution in [2.45, 2.75) is 39.0 Å². The van der Waals surface area contributed by atoms with Crippen molar-refractivity contribution in [1.29, 1.82) is 0 Å². The Kier molecular flexibility index (Phi) is 5.78. The monoisotopic (exact) mass is 330 g/mol. The first-order chi connectivity index (χ1) is 9.86. The molecule has 1 aromatic carbocycles. The molecule has 0 aromatic heterocycles. The van der Waals surface area contributed by atoms with Crippen LogP contribution in [-0.2, 0) is 6.54 Å². The highest BCUT2D eigenvalue weighted by molar-refractivity contribution is 6.37. The minimum Gasteiger partial charge on any atom is -0.488 e. The molecule has 0 bridgehead atoms. The number of likely N-dealkylation sites (N-methyl/N-ethyl adjacent to an activating group) is 2. The summed E-state index contributed by atoms with van der Waals surface area (Å²) >= 11 is 12.6. The quantitative estimate of drug-likeness (QED) is 0.813. The number of hydrogen-bond donors (Lipinski definition) is 0. The molecule has 118 valence electrons. The van der Waals surface area contributed by atoms with Gasteiger partial charge < -0.3 is 9.64 Å². The fourth-order valence-electron chi connectivity index (χ4n) is 2.74. The van der Waals surface area contributed by atoms with Gasteiger partial charge in [-0.2, -0.15) is 0 Å². The number of halogens is 2. The van der Waals surface area contributed by atoms with Gasteiger partial charge in [0.25, 0.3) is 0 Å². The van der Waals surface area contributed by atoms with Crippen LogP contribution >= 0.6 is 23.2 Å². The van der Waals surface area contributed by atoms with Crippen molar-refractivity contribution in [3.8, 4) is 5.75 Å². The lowest BCUT2D eigenvalue weighted by atomic mass is 10.1. The van der Waals surface area contributed by atoms with Gasteiger partial charge in [-0.05, 0) is 58.6 Å². The SMILES string of the molecule is CC(C)Oc1c(Cl)cc(CN(C)C2CCN(C)C2)cc1Cl. The first kappa shape index (κ1) is 16.9. The van der Waals surface area contributed by atoms with Gasteiger partial charge in [0.05, 0.1) is 16.1 Å². The zero-order valence-corrected chi connectivity index (χ0v) is 14.7. The first-order valence-electron chi connectivity index (χ1n) is 7.40. The second-order valence-electron chi connectivity index (χ2n) is 6.18. The Morgan fingerprint density at radius 3 is 2.43 bits per heavy atom. The number of ether oxygens (including phenoxy) is 1. The third-order valence-electron chi connectivity index (χ3n) is 3.83. The van der Waals surface area contributed by atoms with Gasteiger partial charge in [0.15, 0.2) is 5.75 Å². The van der Waals surface area contributed by atoms with Crippen molar-refractivity contribution in [3.05, 3.63) is 27.7 Å². The molecule has 5 heteroatoms. The van der Waals surface area contributed by atoms with E-state index in [2.05, 4.69) is 23.9 Å². The van der Waals surface area contributed by atoms with Crippen LogP contribution in [-0.4, -0.2) is 49.1 Å². The van der Waals surface area contributed by atoms with Crippen LogP contribution in [0.5, 0.6) is 5.75 Å². The molecule has 3 nitrogen and oxygen atoms in total. The topological polar surface area (TPSA) is 15.7 Å². The molecule has 1 aliphatic heterocycles. The van der Waals surface area contributed by atoms with Crippen LogP contribution in [0.4, 0.5) is 0 Å². The molecule has 1 fully saturated rings. The molecule has 1 aliphatic rings. The molecule has 1 aromatic rings. The van der Waals surface area contributed by atoms with E-state index in [1.807, 2.05) is 26.0 Å². The Balaban J connectivity index is 2.07. The van der Waals surface area contributed by atoms with Crippen LogP contribution in [0, 0.1) is 0 Å². The summed E-state index contributed by atoms with van der Waals surface area (Å²) in [5.41, 5.74) is 1.12. The third-order valence-corrected chi connectivity index (χ3v) is 4.39. The number of rotatable bonds is 5. The average Bonchev–Trinajstić information content (AvgIpc) is 2.80. The third kappa shape index (κ3) is 4.49. The van der Waals surface area contributed by atoms with Gasteiger partial charge in [-0.15, -0.1) is 0 Å². The highest BCUT2D eigenvalue weighted by Gasteiger charge is 2.23. The van der Waals surface area contributed by atoms with E-state index in [-0.39, 0.29) is 6.10 Å². The molecular formula is C16H24Cl2N2O. The van der Waals surface area contributed by atoms with Crippen molar-refractivity contribution in [1.82, 2.24) is 9.80 Å². The molecular weight excluding hydrogens is 307 g/mol. The van der Waals surface area contributed by atoms with Crippen LogP contribution < -0.4 is 4.74 Å². The number of hydrogen-bond acceptors (Lipinski definition) is 3. The Bertz CT molecular complexity index is 470. The number of likely N-dealkylation sites (tertiary alicyclic amines) is 1. The fourth-order valence-corrected chi connectivity index (χ4v) is 3.36. The van der Waals surface area contributed by atoms with E-state index < -0.39 is 0 Å². The van der Waals surface area contributed by atoms with Crippen molar-refractivity contribution in [2.24, 2.45) is 0 Å². The molecule has 1 atom stereocenters. The van der Waals surface area contributed by atoms with Crippen LogP contribution in [0.15, 0.2) is 12.1 Å². The second kappa shape index (κ2) is 7.19. The summed E-state index contributed by atoms with van der Waals surface area (Å²) in [4.78, 5) is 4.73. The molecule has 0 amide bonds. The van der Waals surface area contributed by atoms with E-state index in [9.17, 15) is 0 Å². The molecule has 1 unspecified atom stereocenters. The lowest BCUT2D eigenvalue weighted by Crippen LogP contribution is -2.33. The van der Waals surface area contributed by atoms with Crippen molar-refractivity contribution in [3.63, 3.8) is 0 Å². The Morgan fingerprint density at radius 2 is 1.95 bits per heavy atom. The summed E-state index contributed by atoms with van der Waals surface area (Å²) < 4.78 is 5.67. The van der Waals surface area contributed by atoms with Crippen molar-refractivity contribution >= 4 is 23.2 Å². The maximum Gasteiger partial charge on any atom is 0.156 e. The van der Waals surface area contributed by atoms with Gasteiger partial charge in [0, 0.05) is 19.1 Å². The molecule has 2 rings (SSSR count). The molecule has 0 aliphatic carbocycles. The van der Waals surface area contributed by atoms with E-state index in [0.29, 0.717) is 21.8 Å². The fraction of sp³-hybridized carbons (Fsp3) is 0.625. The van der Waals surface area contributed by atoms with E-state index in [4.69, 9.17) is 27.9 Å². The molecule has 21 heavy (non-hydrogen) atoms. The minimum atomic E-state index is 0.0579. The van der Waals surface area contributed by atoms with Crippen LogP contribution in [0.1, 0.15) is 25.8 Å². The molecule has 1 heterocycles. The highest BCUT2D eigenvalue weighted by Crippen LogP contribution is 2.35. The van der Waals surface area contributed by atoms with E-state index in [0.717, 1.165) is 25.2 Å². The van der Waals surface area contributed by atoms with Gasteiger partial charge >= 0.3 is 0 Å². The Morgan fingerprint density at radius 1 is 1.33 bits per heavy atom. The summed E-state index contributed by atoms with van der Waals surface area (Å²) in [6.45, 7) is 7.06. The Hall–Kier alpha value is -0.480. The molecule has 0 N–H and O–H groups in total. The van der Waals surface area contributed by atoms with Crippen molar-refractivity contribution in [2.75, 3.05) is 27.2 Å². The van der Waals surface area contributed by atoms with E-state index >= 15 is 0 Å². The van der Waals surface area contributed by atoms with Crippen LogP contribution in [0.25, 0.3) is 0 Å². The average molecular weight is 331 g/mol. The molecule has 0 saturated carbocycles. The molecule has 0 spiro atoms. The lowest BCUT2D eigenvalue weighted by Gasteiger charge is -2.24. The van der Waals surface area contributed by atoms with Gasteiger partial charge in [-0.3, -0.25) is 4.90 Å². The van der Waals surface area contributed by atoms with Gasteiger partial charge in [-0.25, -0.2) is 0 Å². The summed E-state index contributed by atoms with van der Waals surface area (Å²) in [5, 5.41) is 1.17. The maximum absolute atomic E-state index is 6.31. The molecule has 1 saturated heterocycles. The van der Waals surface area contributed by atoms with Crippen LogP contribution in [0.3, 0.4) is 0 Å². The van der Waals surface area contributed by atoms with Gasteiger partial charge in [0.2, 0.25) is 0 Å². The largest absolute Gasteiger partial charge is 0.488 e. The molecule has 0 radical (unpaired) electrons. The first-order valence-corrected chi connectivity index (χ1v) is 8.15. The summed E-state index contributed by atoms with van der Waals surface area (Å²) in [6.07, 6.45) is 1.27.